The number of halogens is 3. The molecule has 0 aliphatic rings. The summed E-state index contributed by atoms with van der Waals surface area (Å²) in [7, 11) is 0. The van der Waals surface area contributed by atoms with Crippen LogP contribution in [0.3, 0.4) is 0 Å². The zero-order valence-electron chi connectivity index (χ0n) is 17.1. The Morgan fingerprint density at radius 2 is 1.73 bits per heavy atom. The summed E-state index contributed by atoms with van der Waals surface area (Å²) in [5.74, 6) is 0.536. The van der Waals surface area contributed by atoms with Gasteiger partial charge in [-0.15, -0.1) is 11.8 Å². The molecule has 0 bridgehead atoms. The van der Waals surface area contributed by atoms with Gasteiger partial charge in [-0.25, -0.2) is 0 Å². The van der Waals surface area contributed by atoms with Gasteiger partial charge in [0.1, 0.15) is 6.04 Å². The highest BCUT2D eigenvalue weighted by Gasteiger charge is 2.27. The molecule has 1 N–H and O–H groups in total. The van der Waals surface area contributed by atoms with Crippen LogP contribution in [0.5, 0.6) is 0 Å². The summed E-state index contributed by atoms with van der Waals surface area (Å²) in [6, 6.07) is 12.0. The van der Waals surface area contributed by atoms with E-state index in [1.54, 1.807) is 30.0 Å². The zero-order chi connectivity index (χ0) is 22.3. The molecule has 2 amide bonds. The summed E-state index contributed by atoms with van der Waals surface area (Å²) in [5.41, 5.74) is 1.77. The SMILES string of the molecule is CC(C)NC(=O)C(C)N(Cc1ccc(Cl)cc1Cl)C(=O)CSCc1cccc(Cl)c1. The first-order chi connectivity index (χ1) is 14.2. The van der Waals surface area contributed by atoms with Gasteiger partial charge in [-0.05, 0) is 56.2 Å². The average Bonchev–Trinajstić information content (AvgIpc) is 2.66. The molecule has 8 heteroatoms. The van der Waals surface area contributed by atoms with E-state index < -0.39 is 6.04 Å². The number of rotatable bonds is 9. The van der Waals surface area contributed by atoms with Gasteiger partial charge in [0.2, 0.25) is 11.8 Å². The Labute approximate surface area is 197 Å². The predicted molar refractivity (Wildman–Crippen MR) is 127 cm³/mol. The molecule has 1 atom stereocenters. The molecule has 0 aliphatic carbocycles. The molecule has 0 saturated heterocycles. The third-order valence-electron chi connectivity index (χ3n) is 4.34. The second-order valence-corrected chi connectivity index (χ2v) is 9.49. The van der Waals surface area contributed by atoms with E-state index in [2.05, 4.69) is 5.32 Å². The summed E-state index contributed by atoms with van der Waals surface area (Å²) >= 11 is 19.8. The van der Waals surface area contributed by atoms with Crippen molar-refractivity contribution >= 4 is 58.4 Å². The number of nitrogens with zero attached hydrogens (tertiary/aromatic N) is 1. The lowest BCUT2D eigenvalue weighted by Crippen LogP contribution is -2.49. The van der Waals surface area contributed by atoms with Crippen molar-refractivity contribution in [3.63, 3.8) is 0 Å². The van der Waals surface area contributed by atoms with Crippen LogP contribution in [0.25, 0.3) is 0 Å². The van der Waals surface area contributed by atoms with Crippen molar-refractivity contribution in [3.8, 4) is 0 Å². The van der Waals surface area contributed by atoms with Crippen molar-refractivity contribution in [2.24, 2.45) is 0 Å². The Balaban J connectivity index is 2.12. The van der Waals surface area contributed by atoms with Crippen LogP contribution < -0.4 is 5.32 Å². The number of nitrogens with one attached hydrogen (secondary N) is 1. The number of thioether (sulfide) groups is 1. The van der Waals surface area contributed by atoms with Crippen molar-refractivity contribution in [2.75, 3.05) is 5.75 Å². The molecule has 0 fully saturated rings. The number of hydrogen-bond donors (Lipinski definition) is 1. The van der Waals surface area contributed by atoms with Gasteiger partial charge in [-0.2, -0.15) is 0 Å². The Morgan fingerprint density at radius 3 is 2.37 bits per heavy atom. The zero-order valence-corrected chi connectivity index (χ0v) is 20.2. The van der Waals surface area contributed by atoms with E-state index in [-0.39, 0.29) is 30.2 Å². The maximum atomic E-state index is 13.0. The molecule has 0 heterocycles. The van der Waals surface area contributed by atoms with Gasteiger partial charge in [0.25, 0.3) is 0 Å². The number of carbonyl (C=O) groups excluding carboxylic acids is 2. The largest absolute Gasteiger partial charge is 0.352 e. The maximum absolute atomic E-state index is 13.0. The van der Waals surface area contributed by atoms with Gasteiger partial charge in [0.05, 0.1) is 5.75 Å². The Morgan fingerprint density at radius 1 is 1.03 bits per heavy atom. The van der Waals surface area contributed by atoms with Crippen molar-refractivity contribution in [2.45, 2.75) is 45.2 Å². The molecule has 2 aromatic carbocycles. The van der Waals surface area contributed by atoms with Crippen molar-refractivity contribution in [1.82, 2.24) is 10.2 Å². The van der Waals surface area contributed by atoms with E-state index in [9.17, 15) is 9.59 Å². The molecular weight excluding hydrogens is 463 g/mol. The van der Waals surface area contributed by atoms with Gasteiger partial charge >= 0.3 is 0 Å². The van der Waals surface area contributed by atoms with E-state index in [1.165, 1.54) is 11.8 Å². The minimum atomic E-state index is -0.640. The van der Waals surface area contributed by atoms with Crippen molar-refractivity contribution in [1.29, 1.82) is 0 Å². The first kappa shape index (κ1) is 24.9. The Kier molecular flexibility index (Phi) is 9.82. The number of benzene rings is 2. The van der Waals surface area contributed by atoms with Crippen LogP contribution in [-0.2, 0) is 21.9 Å². The summed E-state index contributed by atoms with van der Waals surface area (Å²) in [4.78, 5) is 27.2. The molecule has 0 spiro atoms. The molecule has 1 unspecified atom stereocenters. The fraction of sp³-hybridized carbons (Fsp3) is 0.364. The van der Waals surface area contributed by atoms with Crippen LogP contribution in [0.1, 0.15) is 31.9 Å². The Bertz CT molecular complexity index is 892. The fourth-order valence-electron chi connectivity index (χ4n) is 2.79. The smallest absolute Gasteiger partial charge is 0.242 e. The lowest BCUT2D eigenvalue weighted by molar-refractivity contribution is -0.138. The first-order valence-electron chi connectivity index (χ1n) is 9.53. The van der Waals surface area contributed by atoms with Crippen LogP contribution in [0.15, 0.2) is 42.5 Å². The summed E-state index contributed by atoms with van der Waals surface area (Å²) in [6.45, 7) is 5.71. The second-order valence-electron chi connectivity index (χ2n) is 7.22. The molecule has 2 rings (SSSR count). The van der Waals surface area contributed by atoms with Gasteiger partial charge in [-0.3, -0.25) is 9.59 Å². The molecule has 0 radical (unpaired) electrons. The number of amides is 2. The fourth-order valence-corrected chi connectivity index (χ4v) is 4.33. The van der Waals surface area contributed by atoms with Gasteiger partial charge in [0.15, 0.2) is 0 Å². The molecule has 0 saturated carbocycles. The highest BCUT2D eigenvalue weighted by Crippen LogP contribution is 2.24. The molecule has 0 aliphatic heterocycles. The highest BCUT2D eigenvalue weighted by molar-refractivity contribution is 7.99. The average molecular weight is 488 g/mol. The summed E-state index contributed by atoms with van der Waals surface area (Å²) in [5, 5.41) is 4.51. The maximum Gasteiger partial charge on any atom is 0.242 e. The standard InChI is InChI=1S/C22H25Cl3N2O2S/c1-14(2)26-22(29)15(3)27(11-17-7-8-19(24)10-20(17)25)21(28)13-30-12-16-5-4-6-18(23)9-16/h4-10,14-15H,11-13H2,1-3H3,(H,26,29). The van der Waals surface area contributed by atoms with Crippen LogP contribution in [0, 0.1) is 0 Å². The van der Waals surface area contributed by atoms with Crippen molar-refractivity contribution in [3.05, 3.63) is 68.7 Å². The lowest BCUT2D eigenvalue weighted by atomic mass is 10.1. The number of carbonyl (C=O) groups is 2. The predicted octanol–water partition coefficient (Wildman–Crippen LogP) is 5.82. The lowest BCUT2D eigenvalue weighted by Gasteiger charge is -2.29. The normalized spacial score (nSPS) is 12.0. The van der Waals surface area contributed by atoms with Crippen LogP contribution in [0.2, 0.25) is 15.1 Å². The minimum absolute atomic E-state index is 0.0202. The molecule has 30 heavy (non-hydrogen) atoms. The van der Waals surface area contributed by atoms with Crippen molar-refractivity contribution < 1.29 is 9.59 Å². The quantitative estimate of drug-likeness (QED) is 0.485. The molecule has 162 valence electrons. The van der Waals surface area contributed by atoms with Gasteiger partial charge in [0, 0.05) is 33.4 Å². The monoisotopic (exact) mass is 486 g/mol. The van der Waals surface area contributed by atoms with Crippen LogP contribution in [-0.4, -0.2) is 34.6 Å². The van der Waals surface area contributed by atoms with E-state index in [4.69, 9.17) is 34.8 Å². The molecule has 4 nitrogen and oxygen atoms in total. The van der Waals surface area contributed by atoms with E-state index in [1.807, 2.05) is 38.1 Å². The minimum Gasteiger partial charge on any atom is -0.352 e. The topological polar surface area (TPSA) is 49.4 Å². The molecular formula is C22H25Cl3N2O2S. The molecule has 2 aromatic rings. The van der Waals surface area contributed by atoms with E-state index >= 15 is 0 Å². The van der Waals surface area contributed by atoms with E-state index in [0.717, 1.165) is 11.1 Å². The summed E-state index contributed by atoms with van der Waals surface area (Å²) in [6.07, 6.45) is 0. The second kappa shape index (κ2) is 11.8. The van der Waals surface area contributed by atoms with E-state index in [0.29, 0.717) is 20.8 Å². The van der Waals surface area contributed by atoms with Gasteiger partial charge in [-0.1, -0.05) is 53.0 Å². The summed E-state index contributed by atoms with van der Waals surface area (Å²) < 4.78 is 0. The van der Waals surface area contributed by atoms with Crippen LogP contribution >= 0.6 is 46.6 Å². The first-order valence-corrected chi connectivity index (χ1v) is 11.8. The molecule has 0 aromatic heterocycles. The highest BCUT2D eigenvalue weighted by atomic mass is 35.5. The third-order valence-corrected chi connectivity index (χ3v) is 6.15. The van der Waals surface area contributed by atoms with Gasteiger partial charge < -0.3 is 10.2 Å². The van der Waals surface area contributed by atoms with Crippen LogP contribution in [0.4, 0.5) is 0 Å². The third kappa shape index (κ3) is 7.69. The Hall–Kier alpha value is -1.40. The number of hydrogen-bond acceptors (Lipinski definition) is 3.